The van der Waals surface area contributed by atoms with Gasteiger partial charge in [0.05, 0.1) is 0 Å². The molecular weight excluding hydrogens is 186 g/mol. The third-order valence-corrected chi connectivity index (χ3v) is 2.50. The lowest BCUT2D eigenvalue weighted by atomic mass is 10.0. The Bertz CT molecular complexity index is 356. The molecule has 74 valence electrons. The Labute approximate surface area is 80.7 Å². The van der Waals surface area contributed by atoms with E-state index in [9.17, 15) is 13.6 Å². The summed E-state index contributed by atoms with van der Waals surface area (Å²) in [6.07, 6.45) is 1.75. The first-order valence-corrected chi connectivity index (χ1v) is 4.58. The largest absolute Gasteiger partial charge is 0.298 e. The van der Waals surface area contributed by atoms with Gasteiger partial charge < -0.3 is 0 Å². The smallest absolute Gasteiger partial charge is 0.276 e. The van der Waals surface area contributed by atoms with E-state index < -0.39 is 11.8 Å². The van der Waals surface area contributed by atoms with Crippen LogP contribution in [0.1, 0.15) is 28.8 Å². The minimum Gasteiger partial charge on any atom is -0.298 e. The SMILES string of the molecule is O=Cc1cccc(C(F)(F)C2CC2)c1. The molecule has 0 spiro atoms. The summed E-state index contributed by atoms with van der Waals surface area (Å²) in [6, 6.07) is 5.67. The van der Waals surface area contributed by atoms with Gasteiger partial charge in [0.2, 0.25) is 0 Å². The van der Waals surface area contributed by atoms with Gasteiger partial charge in [-0.15, -0.1) is 0 Å². The van der Waals surface area contributed by atoms with Crippen molar-refractivity contribution in [2.45, 2.75) is 18.8 Å². The molecule has 1 saturated carbocycles. The first-order chi connectivity index (χ1) is 6.64. The maximum atomic E-state index is 13.5. The number of carbonyl (C=O) groups excluding carboxylic acids is 1. The molecule has 1 aliphatic carbocycles. The van der Waals surface area contributed by atoms with Crippen molar-refractivity contribution >= 4 is 6.29 Å². The molecule has 0 N–H and O–H groups in total. The van der Waals surface area contributed by atoms with E-state index >= 15 is 0 Å². The van der Waals surface area contributed by atoms with Gasteiger partial charge in [0, 0.05) is 17.0 Å². The number of alkyl halides is 2. The van der Waals surface area contributed by atoms with Crippen molar-refractivity contribution in [3.8, 4) is 0 Å². The molecule has 14 heavy (non-hydrogen) atoms. The van der Waals surface area contributed by atoms with Crippen LogP contribution in [-0.2, 0) is 5.92 Å². The van der Waals surface area contributed by atoms with Crippen LogP contribution in [0, 0.1) is 5.92 Å². The van der Waals surface area contributed by atoms with Gasteiger partial charge in [0.15, 0.2) is 0 Å². The van der Waals surface area contributed by atoms with Gasteiger partial charge in [-0.3, -0.25) is 4.79 Å². The fraction of sp³-hybridized carbons (Fsp3) is 0.364. The highest BCUT2D eigenvalue weighted by atomic mass is 19.3. The fourth-order valence-corrected chi connectivity index (χ4v) is 1.50. The van der Waals surface area contributed by atoms with E-state index in [1.807, 2.05) is 0 Å². The van der Waals surface area contributed by atoms with E-state index in [4.69, 9.17) is 0 Å². The number of hydrogen-bond donors (Lipinski definition) is 0. The van der Waals surface area contributed by atoms with Gasteiger partial charge in [0.1, 0.15) is 6.29 Å². The van der Waals surface area contributed by atoms with Gasteiger partial charge in [-0.05, 0) is 18.9 Å². The van der Waals surface area contributed by atoms with E-state index in [-0.39, 0.29) is 5.56 Å². The monoisotopic (exact) mass is 196 g/mol. The molecule has 0 amide bonds. The molecule has 0 radical (unpaired) electrons. The number of carbonyl (C=O) groups is 1. The Balaban J connectivity index is 2.34. The molecule has 2 rings (SSSR count). The average Bonchev–Trinajstić information content (AvgIpc) is 3.01. The number of hydrogen-bond acceptors (Lipinski definition) is 1. The van der Waals surface area contributed by atoms with Crippen LogP contribution in [0.5, 0.6) is 0 Å². The van der Waals surface area contributed by atoms with Crippen LogP contribution in [0.3, 0.4) is 0 Å². The predicted molar refractivity (Wildman–Crippen MR) is 48.4 cm³/mol. The number of halogens is 2. The Morgan fingerprint density at radius 1 is 1.36 bits per heavy atom. The van der Waals surface area contributed by atoms with E-state index in [1.165, 1.54) is 24.3 Å². The summed E-state index contributed by atoms with van der Waals surface area (Å²) >= 11 is 0. The Morgan fingerprint density at radius 3 is 2.64 bits per heavy atom. The lowest BCUT2D eigenvalue weighted by molar-refractivity contribution is -0.0285. The summed E-state index contributed by atoms with van der Waals surface area (Å²) in [6.45, 7) is 0. The van der Waals surface area contributed by atoms with Gasteiger partial charge in [-0.25, -0.2) is 8.78 Å². The third kappa shape index (κ3) is 1.54. The van der Waals surface area contributed by atoms with E-state index in [1.54, 1.807) is 0 Å². The molecule has 1 nitrogen and oxygen atoms in total. The zero-order valence-electron chi connectivity index (χ0n) is 7.54. The van der Waals surface area contributed by atoms with Crippen LogP contribution in [0.2, 0.25) is 0 Å². The van der Waals surface area contributed by atoms with Crippen molar-refractivity contribution in [3.63, 3.8) is 0 Å². The molecule has 1 fully saturated rings. The van der Waals surface area contributed by atoms with Crippen LogP contribution >= 0.6 is 0 Å². The summed E-state index contributed by atoms with van der Waals surface area (Å²) in [7, 11) is 0. The highest BCUT2D eigenvalue weighted by molar-refractivity contribution is 5.75. The lowest BCUT2D eigenvalue weighted by Gasteiger charge is -2.15. The second kappa shape index (κ2) is 3.15. The van der Waals surface area contributed by atoms with Crippen molar-refractivity contribution in [3.05, 3.63) is 35.4 Å². The second-order valence-electron chi connectivity index (χ2n) is 3.64. The molecule has 3 heteroatoms. The first-order valence-electron chi connectivity index (χ1n) is 4.58. The van der Waals surface area contributed by atoms with Crippen LogP contribution in [-0.4, -0.2) is 6.29 Å². The second-order valence-corrected chi connectivity index (χ2v) is 3.64. The average molecular weight is 196 g/mol. The zero-order chi connectivity index (χ0) is 10.2. The fourth-order valence-electron chi connectivity index (χ4n) is 1.50. The van der Waals surface area contributed by atoms with E-state index in [0.717, 1.165) is 0 Å². The Morgan fingerprint density at radius 2 is 2.07 bits per heavy atom. The number of benzene rings is 1. The molecule has 1 aliphatic rings. The van der Waals surface area contributed by atoms with Crippen molar-refractivity contribution in [2.75, 3.05) is 0 Å². The molecule has 0 bridgehead atoms. The molecule has 1 aromatic carbocycles. The minimum absolute atomic E-state index is 0.0374. The molecule has 0 saturated heterocycles. The van der Waals surface area contributed by atoms with Crippen LogP contribution in [0.25, 0.3) is 0 Å². The van der Waals surface area contributed by atoms with Crippen molar-refractivity contribution in [1.82, 2.24) is 0 Å². The molecule has 1 aromatic rings. The maximum absolute atomic E-state index is 13.5. The highest BCUT2D eigenvalue weighted by Crippen LogP contribution is 2.49. The van der Waals surface area contributed by atoms with Gasteiger partial charge in [0.25, 0.3) is 5.92 Å². The van der Waals surface area contributed by atoms with Crippen LogP contribution < -0.4 is 0 Å². The molecular formula is C11H10F2O. The molecule has 0 atom stereocenters. The predicted octanol–water partition coefficient (Wildman–Crippen LogP) is 3.00. The van der Waals surface area contributed by atoms with Crippen molar-refractivity contribution in [1.29, 1.82) is 0 Å². The summed E-state index contributed by atoms with van der Waals surface area (Å²) in [5.74, 6) is -3.29. The van der Waals surface area contributed by atoms with Crippen molar-refractivity contribution in [2.24, 2.45) is 5.92 Å². The Hall–Kier alpha value is -1.25. The minimum atomic E-state index is -2.76. The molecule has 0 aliphatic heterocycles. The van der Waals surface area contributed by atoms with Crippen LogP contribution in [0.4, 0.5) is 8.78 Å². The van der Waals surface area contributed by atoms with Gasteiger partial charge in [-0.2, -0.15) is 0 Å². The van der Waals surface area contributed by atoms with E-state index in [0.29, 0.717) is 24.7 Å². The third-order valence-electron chi connectivity index (χ3n) is 2.50. The quantitative estimate of drug-likeness (QED) is 0.679. The maximum Gasteiger partial charge on any atom is 0.276 e. The molecule has 0 unspecified atom stereocenters. The summed E-state index contributed by atoms with van der Waals surface area (Å²) in [5.41, 5.74) is 0.271. The number of rotatable bonds is 3. The zero-order valence-corrected chi connectivity index (χ0v) is 7.54. The highest BCUT2D eigenvalue weighted by Gasteiger charge is 2.47. The lowest BCUT2D eigenvalue weighted by Crippen LogP contribution is -2.16. The molecule has 0 heterocycles. The summed E-state index contributed by atoms with van der Waals surface area (Å²) < 4.78 is 27.1. The van der Waals surface area contributed by atoms with Crippen molar-refractivity contribution < 1.29 is 13.6 Å². The van der Waals surface area contributed by atoms with Gasteiger partial charge >= 0.3 is 0 Å². The normalized spacial score (nSPS) is 16.7. The topological polar surface area (TPSA) is 17.1 Å². The Kier molecular flexibility index (Phi) is 2.10. The van der Waals surface area contributed by atoms with E-state index in [2.05, 4.69) is 0 Å². The number of aldehydes is 1. The first kappa shape index (κ1) is 9.31. The van der Waals surface area contributed by atoms with Crippen LogP contribution in [0.15, 0.2) is 24.3 Å². The summed E-state index contributed by atoms with van der Waals surface area (Å²) in [5, 5.41) is 0. The van der Waals surface area contributed by atoms with Gasteiger partial charge in [-0.1, -0.05) is 18.2 Å². The molecule has 0 aromatic heterocycles. The standard InChI is InChI=1S/C11H10F2O/c12-11(13,9-4-5-9)10-3-1-2-8(6-10)7-14/h1-3,6-7,9H,4-5H2. The summed E-state index contributed by atoms with van der Waals surface area (Å²) in [4.78, 5) is 10.4.